The van der Waals surface area contributed by atoms with Gasteiger partial charge in [0, 0.05) is 11.3 Å². The molecule has 2 aromatic heterocycles. The van der Waals surface area contributed by atoms with E-state index in [9.17, 15) is 0 Å². The molecule has 118 valence electrons. The second-order valence-electron chi connectivity index (χ2n) is 4.93. The van der Waals surface area contributed by atoms with Crippen LogP contribution in [0.4, 0.5) is 0 Å². The van der Waals surface area contributed by atoms with Crippen LogP contribution in [0.1, 0.15) is 12.3 Å². The van der Waals surface area contributed by atoms with E-state index >= 15 is 0 Å². The molecule has 4 rings (SSSR count). The van der Waals surface area contributed by atoms with E-state index in [0.717, 1.165) is 22.8 Å². The summed E-state index contributed by atoms with van der Waals surface area (Å²) in [6.45, 7) is 1.37. The third-order valence-electron chi connectivity index (χ3n) is 3.28. The molecule has 0 spiro atoms. The standard InChI is InChI=1S/C16H14N2O4S/c1-3-13(20-6-1)16-18-17-15(22-16)10-23-11-4-5-12-14(9-11)21-8-2-7-19-12/h1,3-6,9H,2,7-8,10H2. The van der Waals surface area contributed by atoms with E-state index in [2.05, 4.69) is 10.2 Å². The monoisotopic (exact) mass is 330 g/mol. The Kier molecular flexibility index (Phi) is 3.94. The quantitative estimate of drug-likeness (QED) is 0.674. The molecule has 0 saturated carbocycles. The van der Waals surface area contributed by atoms with Crippen LogP contribution >= 0.6 is 11.8 Å². The van der Waals surface area contributed by atoms with Crippen molar-refractivity contribution in [2.75, 3.05) is 13.2 Å². The Morgan fingerprint density at radius 1 is 1.04 bits per heavy atom. The largest absolute Gasteiger partial charge is 0.490 e. The van der Waals surface area contributed by atoms with Gasteiger partial charge >= 0.3 is 0 Å². The fourth-order valence-corrected chi connectivity index (χ4v) is 2.95. The molecular weight excluding hydrogens is 316 g/mol. The lowest BCUT2D eigenvalue weighted by Crippen LogP contribution is -1.97. The first-order valence-corrected chi connectivity index (χ1v) is 8.26. The lowest BCUT2D eigenvalue weighted by Gasteiger charge is -2.08. The molecule has 23 heavy (non-hydrogen) atoms. The van der Waals surface area contributed by atoms with Crippen LogP contribution in [0.3, 0.4) is 0 Å². The maximum absolute atomic E-state index is 5.69. The van der Waals surface area contributed by atoms with Crippen molar-refractivity contribution in [3.05, 3.63) is 42.5 Å². The predicted octanol–water partition coefficient (Wildman–Crippen LogP) is 3.78. The Bertz CT molecular complexity index is 785. The molecule has 7 heteroatoms. The zero-order chi connectivity index (χ0) is 15.5. The maximum atomic E-state index is 5.69. The Morgan fingerprint density at radius 3 is 2.83 bits per heavy atom. The first kappa shape index (κ1) is 14.2. The van der Waals surface area contributed by atoms with Gasteiger partial charge in [-0.15, -0.1) is 22.0 Å². The number of hydrogen-bond acceptors (Lipinski definition) is 7. The number of rotatable bonds is 4. The van der Waals surface area contributed by atoms with E-state index in [1.807, 2.05) is 18.2 Å². The van der Waals surface area contributed by atoms with Gasteiger partial charge in [0.1, 0.15) is 0 Å². The van der Waals surface area contributed by atoms with Gasteiger partial charge in [-0.1, -0.05) is 0 Å². The van der Waals surface area contributed by atoms with Crippen LogP contribution in [0.15, 0.2) is 50.3 Å². The zero-order valence-electron chi connectivity index (χ0n) is 12.2. The zero-order valence-corrected chi connectivity index (χ0v) is 13.0. The van der Waals surface area contributed by atoms with Gasteiger partial charge in [-0.3, -0.25) is 0 Å². The first-order valence-electron chi connectivity index (χ1n) is 7.27. The van der Waals surface area contributed by atoms with Crippen molar-refractivity contribution >= 4 is 11.8 Å². The maximum Gasteiger partial charge on any atom is 0.283 e. The predicted molar refractivity (Wildman–Crippen MR) is 83.6 cm³/mol. The smallest absolute Gasteiger partial charge is 0.283 e. The van der Waals surface area contributed by atoms with E-state index in [1.54, 1.807) is 30.2 Å². The van der Waals surface area contributed by atoms with E-state index < -0.39 is 0 Å². The van der Waals surface area contributed by atoms with Crippen molar-refractivity contribution in [1.29, 1.82) is 0 Å². The molecule has 0 aliphatic carbocycles. The SMILES string of the molecule is c1coc(-c2nnc(CSc3ccc4c(c3)OCCCO4)o2)c1. The molecule has 3 heterocycles. The summed E-state index contributed by atoms with van der Waals surface area (Å²) in [5.41, 5.74) is 0. The average Bonchev–Trinajstić information content (AvgIpc) is 3.20. The summed E-state index contributed by atoms with van der Waals surface area (Å²) in [6, 6.07) is 9.49. The second-order valence-corrected chi connectivity index (χ2v) is 5.97. The van der Waals surface area contributed by atoms with Crippen molar-refractivity contribution in [2.24, 2.45) is 0 Å². The highest BCUT2D eigenvalue weighted by molar-refractivity contribution is 7.98. The normalized spacial score (nSPS) is 13.7. The van der Waals surface area contributed by atoms with E-state index in [4.69, 9.17) is 18.3 Å². The highest BCUT2D eigenvalue weighted by Crippen LogP contribution is 2.35. The van der Waals surface area contributed by atoms with Crippen LogP contribution < -0.4 is 9.47 Å². The third kappa shape index (κ3) is 3.19. The Balaban J connectivity index is 1.44. The molecule has 0 amide bonds. The summed E-state index contributed by atoms with van der Waals surface area (Å²) in [5, 5.41) is 8.02. The number of fused-ring (bicyclic) bond motifs is 1. The molecule has 1 aliphatic rings. The van der Waals surface area contributed by atoms with E-state index in [-0.39, 0.29) is 0 Å². The average molecular weight is 330 g/mol. The molecular formula is C16H14N2O4S. The Hall–Kier alpha value is -2.41. The van der Waals surface area contributed by atoms with Gasteiger partial charge in [0.2, 0.25) is 5.89 Å². The van der Waals surface area contributed by atoms with Crippen molar-refractivity contribution < 1.29 is 18.3 Å². The molecule has 6 nitrogen and oxygen atoms in total. The highest BCUT2D eigenvalue weighted by atomic mass is 32.2. The summed E-state index contributed by atoms with van der Waals surface area (Å²) in [6.07, 6.45) is 2.47. The topological polar surface area (TPSA) is 70.5 Å². The summed E-state index contributed by atoms with van der Waals surface area (Å²) >= 11 is 1.60. The van der Waals surface area contributed by atoms with E-state index in [1.165, 1.54) is 0 Å². The molecule has 1 aromatic carbocycles. The van der Waals surface area contributed by atoms with Crippen molar-refractivity contribution in [3.8, 4) is 23.1 Å². The van der Waals surface area contributed by atoms with Crippen LogP contribution in [0.2, 0.25) is 0 Å². The lowest BCUT2D eigenvalue weighted by molar-refractivity contribution is 0.297. The van der Waals surface area contributed by atoms with Crippen LogP contribution in [0, 0.1) is 0 Å². The summed E-state index contributed by atoms with van der Waals surface area (Å²) in [4.78, 5) is 1.06. The van der Waals surface area contributed by atoms with Gasteiger partial charge in [0.15, 0.2) is 17.3 Å². The van der Waals surface area contributed by atoms with Crippen molar-refractivity contribution in [3.63, 3.8) is 0 Å². The molecule has 3 aromatic rings. The summed E-state index contributed by atoms with van der Waals surface area (Å²) in [5.74, 6) is 3.68. The van der Waals surface area contributed by atoms with Crippen LogP contribution in [0.5, 0.6) is 11.5 Å². The minimum Gasteiger partial charge on any atom is -0.490 e. The number of aromatic nitrogens is 2. The highest BCUT2D eigenvalue weighted by Gasteiger charge is 2.13. The van der Waals surface area contributed by atoms with Crippen molar-refractivity contribution in [2.45, 2.75) is 17.1 Å². The molecule has 0 N–H and O–H groups in total. The number of ether oxygens (including phenoxy) is 2. The third-order valence-corrected chi connectivity index (χ3v) is 4.26. The van der Waals surface area contributed by atoms with Crippen LogP contribution in [0.25, 0.3) is 11.7 Å². The van der Waals surface area contributed by atoms with Gasteiger partial charge in [-0.2, -0.15) is 0 Å². The number of benzene rings is 1. The van der Waals surface area contributed by atoms with Gasteiger partial charge in [-0.05, 0) is 30.3 Å². The first-order chi connectivity index (χ1) is 11.4. The fourth-order valence-electron chi connectivity index (χ4n) is 2.19. The minimum absolute atomic E-state index is 0.393. The molecule has 0 bridgehead atoms. The number of nitrogens with zero attached hydrogens (tertiary/aromatic N) is 2. The fraction of sp³-hybridized carbons (Fsp3) is 0.250. The second kappa shape index (κ2) is 6.37. The van der Waals surface area contributed by atoms with Gasteiger partial charge in [0.25, 0.3) is 5.89 Å². The lowest BCUT2D eigenvalue weighted by atomic mass is 10.3. The molecule has 0 atom stereocenters. The summed E-state index contributed by atoms with van der Waals surface area (Å²) in [7, 11) is 0. The molecule has 0 radical (unpaired) electrons. The van der Waals surface area contributed by atoms with E-state index in [0.29, 0.717) is 36.5 Å². The number of hydrogen-bond donors (Lipinski definition) is 0. The van der Waals surface area contributed by atoms with Crippen LogP contribution in [-0.2, 0) is 5.75 Å². The van der Waals surface area contributed by atoms with Gasteiger partial charge in [0.05, 0.1) is 25.2 Å². The number of furan rings is 1. The molecule has 1 aliphatic heterocycles. The summed E-state index contributed by atoms with van der Waals surface area (Å²) < 4.78 is 22.1. The van der Waals surface area contributed by atoms with Crippen molar-refractivity contribution in [1.82, 2.24) is 10.2 Å². The van der Waals surface area contributed by atoms with Crippen LogP contribution in [-0.4, -0.2) is 23.4 Å². The minimum atomic E-state index is 0.393. The Labute approximate surface area is 136 Å². The molecule has 0 unspecified atom stereocenters. The molecule has 0 fully saturated rings. The van der Waals surface area contributed by atoms with Gasteiger partial charge in [-0.25, -0.2) is 0 Å². The van der Waals surface area contributed by atoms with Gasteiger partial charge < -0.3 is 18.3 Å². The molecule has 0 saturated heterocycles. The Morgan fingerprint density at radius 2 is 1.96 bits per heavy atom. The number of thioether (sulfide) groups is 1.